The predicted octanol–water partition coefficient (Wildman–Crippen LogP) is 13.8. The fourth-order valence-corrected chi connectivity index (χ4v) is 8.46. The molecule has 63 heavy (non-hydrogen) atoms. The van der Waals surface area contributed by atoms with Gasteiger partial charge in [0.2, 0.25) is 5.91 Å². The summed E-state index contributed by atoms with van der Waals surface area (Å²) in [4.78, 5) is 25.5. The van der Waals surface area contributed by atoms with Crippen molar-refractivity contribution in [2.24, 2.45) is 0 Å². The minimum atomic E-state index is -4.67. The molecule has 0 fully saturated rings. The van der Waals surface area contributed by atoms with Gasteiger partial charge in [-0.05, 0) is 51.4 Å². The molecule has 0 aromatic heterocycles. The number of likely N-dealkylation sites (N-methyl/N-ethyl adjacent to an activating group) is 1. The number of nitrogens with zero attached hydrogens (tertiary/aromatic N) is 1. The van der Waals surface area contributed by atoms with Gasteiger partial charge in [-0.2, -0.15) is 0 Å². The molecule has 0 saturated carbocycles. The van der Waals surface area contributed by atoms with E-state index in [2.05, 4.69) is 55.6 Å². The number of phosphoric ester groups is 1. The van der Waals surface area contributed by atoms with Gasteiger partial charge in [0.15, 0.2) is 0 Å². The highest BCUT2D eigenvalue weighted by Crippen LogP contribution is 2.38. The standard InChI is InChI=1S/C53H103N2O7P/c1-6-8-10-12-14-16-18-20-21-22-23-24-25-26-27-28-29-30-31-32-33-34-36-38-40-42-44-46-52(57)54-50(49-62-63(59,60)61-48-47-55(3,4)5)53(58)51(56)45-43-41-39-37-35-19-17-15-13-11-9-7-2/h18,20,22-23,25-26,50-51,53,56,58H,6-17,19,21,24,27-49H2,1-5H3,(H-,54,57,59,60)/b20-18-,23-22-,26-25-. The first-order chi connectivity index (χ1) is 30.4. The molecule has 0 aromatic carbocycles. The average Bonchev–Trinajstić information content (AvgIpc) is 3.24. The lowest BCUT2D eigenvalue weighted by atomic mass is 9.99. The summed E-state index contributed by atoms with van der Waals surface area (Å²) in [6.07, 6.45) is 51.9. The lowest BCUT2D eigenvalue weighted by Crippen LogP contribution is -2.51. The van der Waals surface area contributed by atoms with Gasteiger partial charge in [0.1, 0.15) is 19.3 Å². The smallest absolute Gasteiger partial charge is 0.268 e. The number of hydrogen-bond acceptors (Lipinski definition) is 7. The predicted molar refractivity (Wildman–Crippen MR) is 267 cm³/mol. The van der Waals surface area contributed by atoms with Gasteiger partial charge in [-0.15, -0.1) is 0 Å². The second kappa shape index (κ2) is 44.5. The number of rotatable bonds is 48. The number of nitrogens with one attached hydrogen (secondary N) is 1. The second-order valence-corrected chi connectivity index (χ2v) is 20.8. The van der Waals surface area contributed by atoms with Crippen LogP contribution in [0.5, 0.6) is 0 Å². The molecule has 4 unspecified atom stereocenters. The van der Waals surface area contributed by atoms with Crippen molar-refractivity contribution in [1.82, 2.24) is 5.32 Å². The summed E-state index contributed by atoms with van der Waals surface area (Å²) in [6.45, 7) is 4.43. The number of allylic oxidation sites excluding steroid dienone is 6. The van der Waals surface area contributed by atoms with E-state index in [0.29, 0.717) is 23.9 Å². The van der Waals surface area contributed by atoms with Crippen molar-refractivity contribution in [3.63, 3.8) is 0 Å². The molecule has 9 nitrogen and oxygen atoms in total. The van der Waals surface area contributed by atoms with E-state index in [4.69, 9.17) is 9.05 Å². The molecule has 0 aliphatic rings. The number of hydrogen-bond donors (Lipinski definition) is 3. The van der Waals surface area contributed by atoms with Crippen LogP contribution in [0.15, 0.2) is 36.5 Å². The van der Waals surface area contributed by atoms with Crippen LogP contribution in [0.25, 0.3) is 0 Å². The van der Waals surface area contributed by atoms with Gasteiger partial charge in [0, 0.05) is 6.42 Å². The summed E-state index contributed by atoms with van der Waals surface area (Å²) >= 11 is 0. The average molecular weight is 911 g/mol. The topological polar surface area (TPSA) is 128 Å². The zero-order valence-electron chi connectivity index (χ0n) is 41.9. The van der Waals surface area contributed by atoms with E-state index < -0.39 is 32.7 Å². The van der Waals surface area contributed by atoms with Crippen molar-refractivity contribution >= 4 is 13.7 Å². The normalized spacial score (nSPS) is 14.9. The van der Waals surface area contributed by atoms with E-state index in [0.717, 1.165) is 51.4 Å². The molecule has 0 radical (unpaired) electrons. The van der Waals surface area contributed by atoms with Crippen LogP contribution >= 0.6 is 7.82 Å². The third kappa shape index (κ3) is 45.6. The molecule has 0 aliphatic carbocycles. The third-order valence-electron chi connectivity index (χ3n) is 12.0. The molecule has 0 heterocycles. The monoisotopic (exact) mass is 911 g/mol. The Morgan fingerprint density at radius 1 is 0.571 bits per heavy atom. The fourth-order valence-electron chi connectivity index (χ4n) is 7.73. The van der Waals surface area contributed by atoms with Crippen molar-refractivity contribution in [2.45, 2.75) is 257 Å². The zero-order valence-corrected chi connectivity index (χ0v) is 42.8. The first kappa shape index (κ1) is 61.7. The molecule has 0 spiro atoms. The van der Waals surface area contributed by atoms with E-state index in [1.807, 2.05) is 21.1 Å². The molecule has 1 amide bonds. The molecule has 4 atom stereocenters. The number of unbranched alkanes of at least 4 members (excludes halogenated alkanes) is 28. The third-order valence-corrected chi connectivity index (χ3v) is 12.9. The number of quaternary nitrogens is 1. The molecule has 10 heteroatoms. The summed E-state index contributed by atoms with van der Waals surface area (Å²) in [6, 6.07) is -1.07. The highest BCUT2D eigenvalue weighted by Gasteiger charge is 2.29. The van der Waals surface area contributed by atoms with Crippen LogP contribution in [0.3, 0.4) is 0 Å². The Kier molecular flexibility index (Phi) is 43.6. The Morgan fingerprint density at radius 3 is 1.38 bits per heavy atom. The molecular formula is C53H103N2O7P. The van der Waals surface area contributed by atoms with E-state index in [9.17, 15) is 24.5 Å². The molecular weight excluding hydrogens is 808 g/mol. The quantitative estimate of drug-likeness (QED) is 0.0240. The summed E-state index contributed by atoms with van der Waals surface area (Å²) in [5.41, 5.74) is 0. The van der Waals surface area contributed by atoms with E-state index in [-0.39, 0.29) is 18.9 Å². The highest BCUT2D eigenvalue weighted by molar-refractivity contribution is 7.45. The summed E-state index contributed by atoms with van der Waals surface area (Å²) < 4.78 is 23.2. The highest BCUT2D eigenvalue weighted by atomic mass is 31.2. The second-order valence-electron chi connectivity index (χ2n) is 19.4. The van der Waals surface area contributed by atoms with Gasteiger partial charge >= 0.3 is 0 Å². The van der Waals surface area contributed by atoms with Crippen molar-refractivity contribution in [3.05, 3.63) is 36.5 Å². The van der Waals surface area contributed by atoms with Crippen LogP contribution in [0.4, 0.5) is 0 Å². The van der Waals surface area contributed by atoms with Crippen LogP contribution < -0.4 is 10.2 Å². The van der Waals surface area contributed by atoms with E-state index >= 15 is 0 Å². The van der Waals surface area contributed by atoms with E-state index in [1.54, 1.807) is 0 Å². The van der Waals surface area contributed by atoms with Crippen molar-refractivity contribution in [2.75, 3.05) is 40.9 Å². The molecule has 0 rings (SSSR count). The van der Waals surface area contributed by atoms with Gasteiger partial charge in [-0.25, -0.2) is 0 Å². The number of aliphatic hydroxyl groups excluding tert-OH is 2. The number of aliphatic hydroxyl groups is 2. The molecule has 0 saturated heterocycles. The van der Waals surface area contributed by atoms with Crippen molar-refractivity contribution in [1.29, 1.82) is 0 Å². The minimum absolute atomic E-state index is 0.0410. The van der Waals surface area contributed by atoms with Crippen LogP contribution in [-0.2, 0) is 18.4 Å². The van der Waals surface area contributed by atoms with Crippen LogP contribution in [0.2, 0.25) is 0 Å². The van der Waals surface area contributed by atoms with Gasteiger partial charge < -0.3 is 34.0 Å². The van der Waals surface area contributed by atoms with Crippen LogP contribution in [-0.4, -0.2) is 79.8 Å². The number of carbonyl (C=O) groups is 1. The summed E-state index contributed by atoms with van der Waals surface area (Å²) in [5.74, 6) is -0.280. The SMILES string of the molecule is CCCCCCC/C=C\C/C=C\C/C=C\CCCCCCCCCCCCCCC(=O)NC(COP(=O)([O-])OCC[N+](C)(C)C)C(O)C(O)CCCCCCCCCCCCCC. The maximum Gasteiger partial charge on any atom is 0.268 e. The number of phosphoric acid groups is 1. The Labute approximate surface area is 389 Å². The van der Waals surface area contributed by atoms with Gasteiger partial charge in [0.25, 0.3) is 7.82 Å². The lowest BCUT2D eigenvalue weighted by Gasteiger charge is -2.31. The first-order valence-electron chi connectivity index (χ1n) is 26.4. The Hall–Kier alpha value is -1.32. The summed E-state index contributed by atoms with van der Waals surface area (Å²) in [5, 5.41) is 24.7. The minimum Gasteiger partial charge on any atom is -0.756 e. The Bertz CT molecular complexity index is 1140. The molecule has 0 bridgehead atoms. The van der Waals surface area contributed by atoms with Gasteiger partial charge in [0.05, 0.1) is 39.9 Å². The Morgan fingerprint density at radius 2 is 0.952 bits per heavy atom. The van der Waals surface area contributed by atoms with Crippen LogP contribution in [0, 0.1) is 0 Å². The van der Waals surface area contributed by atoms with E-state index in [1.165, 1.54) is 154 Å². The first-order valence-corrected chi connectivity index (χ1v) is 27.9. The van der Waals surface area contributed by atoms with Gasteiger partial charge in [-0.3, -0.25) is 9.36 Å². The van der Waals surface area contributed by atoms with Crippen molar-refractivity contribution in [3.8, 4) is 0 Å². The zero-order chi connectivity index (χ0) is 46.5. The summed E-state index contributed by atoms with van der Waals surface area (Å²) in [7, 11) is 1.13. The van der Waals surface area contributed by atoms with Crippen LogP contribution in [0.1, 0.15) is 239 Å². The lowest BCUT2D eigenvalue weighted by molar-refractivity contribution is -0.870. The maximum absolute atomic E-state index is 13.0. The molecule has 0 aromatic rings. The van der Waals surface area contributed by atoms with Crippen molar-refractivity contribution < 1.29 is 38.0 Å². The fraction of sp³-hybridized carbons (Fsp3) is 0.868. The molecule has 3 N–H and O–H groups in total. The maximum atomic E-state index is 13.0. The Balaban J connectivity index is 4.24. The van der Waals surface area contributed by atoms with Gasteiger partial charge in [-0.1, -0.05) is 217 Å². The molecule has 0 aliphatic heterocycles. The number of amides is 1. The largest absolute Gasteiger partial charge is 0.756 e. The molecule has 372 valence electrons. The number of carbonyl (C=O) groups excluding carboxylic acids is 1.